The third-order valence-corrected chi connectivity index (χ3v) is 3.33. The zero-order chi connectivity index (χ0) is 11.4. The number of nitrogens with zero attached hydrogens (tertiary/aromatic N) is 1. The predicted molar refractivity (Wildman–Crippen MR) is 62.2 cm³/mol. The maximum atomic E-state index is 11.9. The van der Waals surface area contributed by atoms with Gasteiger partial charge in [-0.15, -0.1) is 0 Å². The highest BCUT2D eigenvalue weighted by Crippen LogP contribution is 2.28. The number of ether oxygens (including phenoxy) is 1. The first-order chi connectivity index (χ1) is 7.77. The predicted octanol–water partition coefficient (Wildman–Crippen LogP) is 0.623. The molecule has 2 aliphatic rings. The van der Waals surface area contributed by atoms with Crippen LogP contribution in [0.25, 0.3) is 0 Å². The summed E-state index contributed by atoms with van der Waals surface area (Å²) in [6, 6.07) is 0.324. The normalized spacial score (nSPS) is 25.8. The highest BCUT2D eigenvalue weighted by atomic mass is 16.5. The number of piperazine rings is 1. The Labute approximate surface area is 97.3 Å². The van der Waals surface area contributed by atoms with Crippen LogP contribution < -0.4 is 5.32 Å². The molecule has 0 bridgehead atoms. The maximum Gasteiger partial charge on any atom is 0.225 e. The SMILES string of the molecule is C[C@@H]1CNCCN1C(=O)CCOCC1CC1. The molecular formula is C12H22N2O2. The molecule has 92 valence electrons. The van der Waals surface area contributed by atoms with Gasteiger partial charge in [-0.05, 0) is 25.7 Å². The van der Waals surface area contributed by atoms with E-state index in [4.69, 9.17) is 4.74 Å². The molecular weight excluding hydrogens is 204 g/mol. The Hall–Kier alpha value is -0.610. The van der Waals surface area contributed by atoms with Crippen LogP contribution in [0, 0.1) is 5.92 Å². The Morgan fingerprint density at radius 1 is 1.50 bits per heavy atom. The molecule has 0 unspecified atom stereocenters. The van der Waals surface area contributed by atoms with Gasteiger partial charge in [-0.2, -0.15) is 0 Å². The van der Waals surface area contributed by atoms with Crippen molar-refractivity contribution in [3.63, 3.8) is 0 Å². The van der Waals surface area contributed by atoms with Gasteiger partial charge in [0.05, 0.1) is 13.0 Å². The van der Waals surface area contributed by atoms with Gasteiger partial charge in [0.25, 0.3) is 0 Å². The van der Waals surface area contributed by atoms with Crippen LogP contribution >= 0.6 is 0 Å². The van der Waals surface area contributed by atoms with Gasteiger partial charge in [0.1, 0.15) is 0 Å². The van der Waals surface area contributed by atoms with Crippen LogP contribution in [0.4, 0.5) is 0 Å². The lowest BCUT2D eigenvalue weighted by atomic mass is 10.2. The molecule has 0 aromatic rings. The van der Waals surface area contributed by atoms with Crippen molar-refractivity contribution in [1.29, 1.82) is 0 Å². The number of amides is 1. The molecule has 0 aromatic heterocycles. The lowest BCUT2D eigenvalue weighted by Crippen LogP contribution is -2.52. The number of carbonyl (C=O) groups excluding carboxylic acids is 1. The molecule has 1 aliphatic carbocycles. The lowest BCUT2D eigenvalue weighted by Gasteiger charge is -2.34. The van der Waals surface area contributed by atoms with Crippen molar-refractivity contribution >= 4 is 5.91 Å². The fraction of sp³-hybridized carbons (Fsp3) is 0.917. The van der Waals surface area contributed by atoms with Gasteiger partial charge in [-0.3, -0.25) is 4.79 Å². The molecule has 1 N–H and O–H groups in total. The summed E-state index contributed by atoms with van der Waals surface area (Å²) in [7, 11) is 0. The average Bonchev–Trinajstić information content (AvgIpc) is 3.08. The van der Waals surface area contributed by atoms with Crippen molar-refractivity contribution in [3.8, 4) is 0 Å². The summed E-state index contributed by atoms with van der Waals surface area (Å²) < 4.78 is 5.49. The molecule has 4 nitrogen and oxygen atoms in total. The molecule has 2 fully saturated rings. The van der Waals surface area contributed by atoms with Crippen LogP contribution in [0.2, 0.25) is 0 Å². The van der Waals surface area contributed by atoms with Crippen molar-refractivity contribution < 1.29 is 9.53 Å². The van der Waals surface area contributed by atoms with Gasteiger partial charge in [0, 0.05) is 32.3 Å². The molecule has 1 amide bonds. The largest absolute Gasteiger partial charge is 0.381 e. The Balaban J connectivity index is 1.61. The summed E-state index contributed by atoms with van der Waals surface area (Å²) in [5.41, 5.74) is 0. The third-order valence-electron chi connectivity index (χ3n) is 3.33. The van der Waals surface area contributed by atoms with Crippen molar-refractivity contribution in [3.05, 3.63) is 0 Å². The number of rotatable bonds is 5. The van der Waals surface area contributed by atoms with Gasteiger partial charge in [-0.1, -0.05) is 0 Å². The van der Waals surface area contributed by atoms with E-state index in [1.54, 1.807) is 0 Å². The number of carbonyl (C=O) groups is 1. The van der Waals surface area contributed by atoms with Crippen molar-refractivity contribution in [2.24, 2.45) is 5.92 Å². The molecule has 1 heterocycles. The second kappa shape index (κ2) is 5.64. The molecule has 0 radical (unpaired) electrons. The summed E-state index contributed by atoms with van der Waals surface area (Å²) in [6.07, 6.45) is 3.16. The monoisotopic (exact) mass is 226 g/mol. The summed E-state index contributed by atoms with van der Waals surface area (Å²) in [5, 5.41) is 3.28. The molecule has 1 aliphatic heterocycles. The van der Waals surface area contributed by atoms with Crippen molar-refractivity contribution in [2.75, 3.05) is 32.8 Å². The number of nitrogens with one attached hydrogen (secondary N) is 1. The van der Waals surface area contributed by atoms with Crippen LogP contribution in [-0.2, 0) is 9.53 Å². The minimum absolute atomic E-state index is 0.241. The third kappa shape index (κ3) is 3.46. The first-order valence-electron chi connectivity index (χ1n) is 6.35. The number of hydrogen-bond acceptors (Lipinski definition) is 3. The van der Waals surface area contributed by atoms with E-state index in [2.05, 4.69) is 12.2 Å². The second-order valence-corrected chi connectivity index (χ2v) is 4.91. The highest BCUT2D eigenvalue weighted by Gasteiger charge is 2.23. The zero-order valence-corrected chi connectivity index (χ0v) is 10.1. The van der Waals surface area contributed by atoms with E-state index in [1.807, 2.05) is 4.90 Å². The van der Waals surface area contributed by atoms with E-state index in [0.717, 1.165) is 32.2 Å². The average molecular weight is 226 g/mol. The molecule has 16 heavy (non-hydrogen) atoms. The van der Waals surface area contributed by atoms with Crippen molar-refractivity contribution in [2.45, 2.75) is 32.2 Å². The summed E-state index contributed by atoms with van der Waals surface area (Å²) >= 11 is 0. The molecule has 0 spiro atoms. The Kier molecular flexibility index (Phi) is 4.18. The summed E-state index contributed by atoms with van der Waals surface area (Å²) in [5.74, 6) is 1.03. The molecule has 2 rings (SSSR count). The minimum atomic E-state index is 0.241. The van der Waals surface area contributed by atoms with Gasteiger partial charge < -0.3 is 15.0 Å². The fourth-order valence-corrected chi connectivity index (χ4v) is 2.05. The summed E-state index contributed by atoms with van der Waals surface area (Å²) in [4.78, 5) is 13.9. The topological polar surface area (TPSA) is 41.6 Å². The Morgan fingerprint density at radius 3 is 3.00 bits per heavy atom. The van der Waals surface area contributed by atoms with Crippen molar-refractivity contribution in [1.82, 2.24) is 10.2 Å². The molecule has 4 heteroatoms. The Morgan fingerprint density at radius 2 is 2.31 bits per heavy atom. The molecule has 0 aromatic carbocycles. The van der Waals surface area contributed by atoms with Crippen LogP contribution in [0.5, 0.6) is 0 Å². The van der Waals surface area contributed by atoms with E-state index in [1.165, 1.54) is 12.8 Å². The maximum absolute atomic E-state index is 11.9. The van der Waals surface area contributed by atoms with E-state index in [9.17, 15) is 4.79 Å². The smallest absolute Gasteiger partial charge is 0.225 e. The lowest BCUT2D eigenvalue weighted by molar-refractivity contribution is -0.135. The number of hydrogen-bond donors (Lipinski definition) is 1. The van der Waals surface area contributed by atoms with Crippen LogP contribution in [0.1, 0.15) is 26.2 Å². The van der Waals surface area contributed by atoms with Crippen LogP contribution in [0.3, 0.4) is 0 Å². The minimum Gasteiger partial charge on any atom is -0.381 e. The molecule has 1 saturated carbocycles. The van der Waals surface area contributed by atoms with Gasteiger partial charge in [-0.25, -0.2) is 0 Å². The molecule has 1 atom stereocenters. The van der Waals surface area contributed by atoms with Gasteiger partial charge in [0.2, 0.25) is 5.91 Å². The van der Waals surface area contributed by atoms with E-state index in [-0.39, 0.29) is 5.91 Å². The Bertz CT molecular complexity index is 241. The van der Waals surface area contributed by atoms with E-state index < -0.39 is 0 Å². The fourth-order valence-electron chi connectivity index (χ4n) is 2.05. The van der Waals surface area contributed by atoms with E-state index in [0.29, 0.717) is 19.1 Å². The summed E-state index contributed by atoms with van der Waals surface area (Å²) in [6.45, 7) is 6.20. The first kappa shape index (κ1) is 11.9. The molecule has 1 saturated heterocycles. The zero-order valence-electron chi connectivity index (χ0n) is 10.1. The quantitative estimate of drug-likeness (QED) is 0.699. The van der Waals surface area contributed by atoms with Crippen LogP contribution in [0.15, 0.2) is 0 Å². The van der Waals surface area contributed by atoms with Gasteiger partial charge >= 0.3 is 0 Å². The highest BCUT2D eigenvalue weighted by molar-refractivity contribution is 5.76. The van der Waals surface area contributed by atoms with E-state index >= 15 is 0 Å². The first-order valence-corrected chi connectivity index (χ1v) is 6.35. The van der Waals surface area contributed by atoms with Crippen LogP contribution in [-0.4, -0.2) is 49.7 Å². The standard InChI is InChI=1S/C12H22N2O2/c1-10-8-13-5-6-14(10)12(15)4-7-16-9-11-2-3-11/h10-11,13H,2-9H2,1H3/t10-/m1/s1. The van der Waals surface area contributed by atoms with Gasteiger partial charge in [0.15, 0.2) is 0 Å². The second-order valence-electron chi connectivity index (χ2n) is 4.91.